The summed E-state index contributed by atoms with van der Waals surface area (Å²) in [7, 11) is 2.03. The molecule has 1 aromatic rings. The van der Waals surface area contributed by atoms with Crippen molar-refractivity contribution in [2.45, 2.75) is 39.3 Å². The predicted molar refractivity (Wildman–Crippen MR) is 90.7 cm³/mol. The Labute approximate surface area is 130 Å². The highest BCUT2D eigenvalue weighted by Gasteiger charge is 2.26. The zero-order valence-electron chi connectivity index (χ0n) is 13.9. The molecule has 0 spiro atoms. The number of nitrogens with one attached hydrogen (secondary N) is 1. The summed E-state index contributed by atoms with van der Waals surface area (Å²) in [6.45, 7) is 11.5. The van der Waals surface area contributed by atoms with Gasteiger partial charge in [0.1, 0.15) is 0 Å². The molecule has 1 fully saturated rings. The van der Waals surface area contributed by atoms with Crippen LogP contribution in [0.2, 0.25) is 0 Å². The summed E-state index contributed by atoms with van der Waals surface area (Å²) in [6, 6.07) is 9.68. The van der Waals surface area contributed by atoms with E-state index >= 15 is 0 Å². The minimum Gasteiger partial charge on any atom is -0.319 e. The van der Waals surface area contributed by atoms with E-state index in [9.17, 15) is 0 Å². The average Bonchev–Trinajstić information content (AvgIpc) is 2.96. The molecule has 1 unspecified atom stereocenters. The average molecular weight is 289 g/mol. The number of nitrogens with zero attached hydrogens (tertiary/aromatic N) is 2. The topological polar surface area (TPSA) is 18.5 Å². The molecule has 1 heterocycles. The van der Waals surface area contributed by atoms with E-state index in [1.54, 1.807) is 0 Å². The molecular formula is C18H31N3. The van der Waals surface area contributed by atoms with E-state index in [0.29, 0.717) is 0 Å². The van der Waals surface area contributed by atoms with Crippen LogP contribution in [0.1, 0.15) is 31.4 Å². The Kier molecular flexibility index (Phi) is 6.68. The summed E-state index contributed by atoms with van der Waals surface area (Å²) in [5, 5.41) is 3.25. The molecule has 0 saturated carbocycles. The van der Waals surface area contributed by atoms with Gasteiger partial charge in [-0.2, -0.15) is 0 Å². The number of benzene rings is 1. The van der Waals surface area contributed by atoms with E-state index in [4.69, 9.17) is 0 Å². The molecule has 0 bridgehead atoms. The maximum Gasteiger partial charge on any atom is 0.0237 e. The van der Waals surface area contributed by atoms with E-state index in [-0.39, 0.29) is 0 Å². The lowest BCUT2D eigenvalue weighted by molar-refractivity contribution is 0.209. The fourth-order valence-electron chi connectivity index (χ4n) is 3.45. The molecule has 118 valence electrons. The van der Waals surface area contributed by atoms with Gasteiger partial charge < -0.3 is 5.32 Å². The van der Waals surface area contributed by atoms with Crippen LogP contribution in [0.4, 0.5) is 0 Å². The molecule has 0 amide bonds. The standard InChI is InChI=1S/C18H31N3/c1-4-21(5-2)18-11-13-20(15-18)14-17-9-7-6-8-16(17)10-12-19-3/h6-9,18-19H,4-5,10-15H2,1-3H3. The molecule has 0 aromatic heterocycles. The summed E-state index contributed by atoms with van der Waals surface area (Å²) in [5.74, 6) is 0. The summed E-state index contributed by atoms with van der Waals surface area (Å²) < 4.78 is 0. The van der Waals surface area contributed by atoms with Crippen LogP contribution in [0.15, 0.2) is 24.3 Å². The molecule has 1 saturated heterocycles. The number of hydrogen-bond acceptors (Lipinski definition) is 3. The molecule has 1 aliphatic heterocycles. The lowest BCUT2D eigenvalue weighted by Gasteiger charge is -2.26. The van der Waals surface area contributed by atoms with Crippen molar-refractivity contribution in [2.24, 2.45) is 0 Å². The van der Waals surface area contributed by atoms with Gasteiger partial charge in [0.05, 0.1) is 0 Å². The van der Waals surface area contributed by atoms with Gasteiger partial charge in [-0.1, -0.05) is 38.1 Å². The highest BCUT2D eigenvalue weighted by Crippen LogP contribution is 2.19. The van der Waals surface area contributed by atoms with E-state index in [1.165, 1.54) is 43.7 Å². The van der Waals surface area contributed by atoms with E-state index in [1.807, 2.05) is 7.05 Å². The van der Waals surface area contributed by atoms with E-state index < -0.39 is 0 Å². The Morgan fingerprint density at radius 3 is 2.57 bits per heavy atom. The third-order valence-corrected chi connectivity index (χ3v) is 4.73. The summed E-state index contributed by atoms with van der Waals surface area (Å²) in [5.41, 5.74) is 3.01. The van der Waals surface area contributed by atoms with Crippen molar-refractivity contribution in [2.75, 3.05) is 39.8 Å². The monoisotopic (exact) mass is 289 g/mol. The maximum absolute atomic E-state index is 3.25. The first-order valence-corrected chi connectivity index (χ1v) is 8.46. The number of hydrogen-bond donors (Lipinski definition) is 1. The van der Waals surface area contributed by atoms with Gasteiger partial charge in [0.15, 0.2) is 0 Å². The Balaban J connectivity index is 1.94. The summed E-state index contributed by atoms with van der Waals surface area (Å²) in [4.78, 5) is 5.23. The molecule has 2 rings (SSSR count). The number of likely N-dealkylation sites (tertiary alicyclic amines) is 1. The quantitative estimate of drug-likeness (QED) is 0.792. The van der Waals surface area contributed by atoms with Crippen LogP contribution in [0, 0.1) is 0 Å². The van der Waals surface area contributed by atoms with Gasteiger partial charge in [0.2, 0.25) is 0 Å². The maximum atomic E-state index is 3.25. The van der Waals surface area contributed by atoms with Crippen LogP contribution >= 0.6 is 0 Å². The minimum atomic E-state index is 0.754. The van der Waals surface area contributed by atoms with Gasteiger partial charge in [-0.15, -0.1) is 0 Å². The first-order valence-electron chi connectivity index (χ1n) is 8.46. The van der Waals surface area contributed by atoms with E-state index in [0.717, 1.165) is 25.6 Å². The Bertz CT molecular complexity index is 415. The normalized spacial score (nSPS) is 19.5. The van der Waals surface area contributed by atoms with Crippen LogP contribution in [-0.2, 0) is 13.0 Å². The second-order valence-corrected chi connectivity index (χ2v) is 6.02. The largest absolute Gasteiger partial charge is 0.319 e. The van der Waals surface area contributed by atoms with E-state index in [2.05, 4.69) is 53.2 Å². The SMILES string of the molecule is CCN(CC)C1CCN(Cc2ccccc2CCNC)C1. The molecule has 3 nitrogen and oxygen atoms in total. The van der Waals surface area contributed by atoms with Gasteiger partial charge >= 0.3 is 0 Å². The molecule has 0 radical (unpaired) electrons. The van der Waals surface area contributed by atoms with Gasteiger partial charge in [-0.3, -0.25) is 9.80 Å². The third kappa shape index (κ3) is 4.53. The Morgan fingerprint density at radius 2 is 1.90 bits per heavy atom. The highest BCUT2D eigenvalue weighted by atomic mass is 15.2. The second kappa shape index (κ2) is 8.52. The molecular weight excluding hydrogens is 258 g/mol. The third-order valence-electron chi connectivity index (χ3n) is 4.73. The fraction of sp³-hybridized carbons (Fsp3) is 0.667. The van der Waals surface area contributed by atoms with Gasteiger partial charge in [0.25, 0.3) is 0 Å². The summed E-state index contributed by atoms with van der Waals surface area (Å²) >= 11 is 0. The molecule has 1 aromatic carbocycles. The molecule has 0 aliphatic carbocycles. The first kappa shape index (κ1) is 16.5. The Morgan fingerprint density at radius 1 is 1.19 bits per heavy atom. The molecule has 21 heavy (non-hydrogen) atoms. The first-order chi connectivity index (χ1) is 10.3. The number of rotatable bonds is 8. The van der Waals surface area contributed by atoms with Crippen LogP contribution in [-0.4, -0.2) is 55.6 Å². The van der Waals surface area contributed by atoms with Crippen molar-refractivity contribution in [3.63, 3.8) is 0 Å². The van der Waals surface area contributed by atoms with Crippen LogP contribution < -0.4 is 5.32 Å². The zero-order chi connectivity index (χ0) is 15.1. The zero-order valence-corrected chi connectivity index (χ0v) is 13.9. The van der Waals surface area contributed by atoms with Crippen molar-refractivity contribution >= 4 is 0 Å². The van der Waals surface area contributed by atoms with Gasteiger partial charge in [-0.05, 0) is 50.7 Å². The van der Waals surface area contributed by atoms with Crippen LogP contribution in [0.5, 0.6) is 0 Å². The highest BCUT2D eigenvalue weighted by molar-refractivity contribution is 5.27. The molecule has 3 heteroatoms. The molecule has 1 atom stereocenters. The van der Waals surface area contributed by atoms with Gasteiger partial charge in [0, 0.05) is 25.7 Å². The molecule has 1 N–H and O–H groups in total. The van der Waals surface area contributed by atoms with Crippen molar-refractivity contribution in [1.29, 1.82) is 0 Å². The molecule has 1 aliphatic rings. The lowest BCUT2D eigenvalue weighted by atomic mass is 10.0. The van der Waals surface area contributed by atoms with Crippen LogP contribution in [0.25, 0.3) is 0 Å². The van der Waals surface area contributed by atoms with Gasteiger partial charge in [-0.25, -0.2) is 0 Å². The predicted octanol–water partition coefficient (Wildman–Crippen LogP) is 2.36. The van der Waals surface area contributed by atoms with Crippen molar-refractivity contribution in [3.05, 3.63) is 35.4 Å². The van der Waals surface area contributed by atoms with Crippen molar-refractivity contribution < 1.29 is 0 Å². The fourth-order valence-corrected chi connectivity index (χ4v) is 3.45. The van der Waals surface area contributed by atoms with Crippen molar-refractivity contribution in [1.82, 2.24) is 15.1 Å². The summed E-state index contributed by atoms with van der Waals surface area (Å²) in [6.07, 6.45) is 2.44. The second-order valence-electron chi connectivity index (χ2n) is 6.02. The number of likely N-dealkylation sites (N-methyl/N-ethyl adjacent to an activating group) is 2. The smallest absolute Gasteiger partial charge is 0.0237 e. The minimum absolute atomic E-state index is 0.754. The Hall–Kier alpha value is -0.900. The van der Waals surface area contributed by atoms with Crippen molar-refractivity contribution in [3.8, 4) is 0 Å². The van der Waals surface area contributed by atoms with Crippen LogP contribution in [0.3, 0.4) is 0 Å². The lowest BCUT2D eigenvalue weighted by Crippen LogP contribution is -2.37.